The number of hydrogen-bond acceptors (Lipinski definition) is 3. The number of halogens is 1. The molecule has 0 unspecified atom stereocenters. The Balaban J connectivity index is 2.06. The van der Waals surface area contributed by atoms with Gasteiger partial charge in [-0.1, -0.05) is 6.07 Å². The van der Waals surface area contributed by atoms with Gasteiger partial charge in [0.05, 0.1) is 6.54 Å². The highest BCUT2D eigenvalue weighted by Gasteiger charge is 2.02. The van der Waals surface area contributed by atoms with Crippen LogP contribution in [-0.2, 0) is 6.54 Å². The molecule has 0 saturated heterocycles. The van der Waals surface area contributed by atoms with Gasteiger partial charge in [0.25, 0.3) is 0 Å². The number of aryl methyl sites for hydroxylation is 1. The summed E-state index contributed by atoms with van der Waals surface area (Å²) in [5.41, 5.74) is 1.17. The van der Waals surface area contributed by atoms with Gasteiger partial charge >= 0.3 is 0 Å². The highest BCUT2D eigenvalue weighted by molar-refractivity contribution is 9.10. The Morgan fingerprint density at radius 2 is 2.33 bits per heavy atom. The van der Waals surface area contributed by atoms with Gasteiger partial charge < -0.3 is 5.32 Å². The van der Waals surface area contributed by atoms with E-state index in [0.717, 1.165) is 16.8 Å². The molecule has 0 aliphatic rings. The van der Waals surface area contributed by atoms with Crippen molar-refractivity contribution >= 4 is 33.1 Å². The zero-order valence-electron chi connectivity index (χ0n) is 8.33. The minimum atomic E-state index is 0.816. The highest BCUT2D eigenvalue weighted by atomic mass is 79.9. The molecule has 0 bridgehead atoms. The van der Waals surface area contributed by atoms with E-state index in [2.05, 4.69) is 50.7 Å². The molecule has 15 heavy (non-hydrogen) atoms. The second-order valence-corrected chi connectivity index (χ2v) is 5.07. The SMILES string of the molecule is Cc1cccnc1NCc1sccc1Br. The van der Waals surface area contributed by atoms with Crippen LogP contribution in [0.5, 0.6) is 0 Å². The minimum Gasteiger partial charge on any atom is -0.365 e. The largest absolute Gasteiger partial charge is 0.365 e. The third kappa shape index (κ3) is 2.58. The molecular weight excluding hydrogens is 272 g/mol. The monoisotopic (exact) mass is 282 g/mol. The van der Waals surface area contributed by atoms with Crippen LogP contribution < -0.4 is 5.32 Å². The first-order valence-corrected chi connectivity index (χ1v) is 6.32. The van der Waals surface area contributed by atoms with Crippen molar-refractivity contribution in [3.8, 4) is 0 Å². The lowest BCUT2D eigenvalue weighted by atomic mass is 10.3. The van der Waals surface area contributed by atoms with Crippen LogP contribution in [0.15, 0.2) is 34.2 Å². The van der Waals surface area contributed by atoms with E-state index in [0.29, 0.717) is 0 Å². The van der Waals surface area contributed by atoms with Crippen molar-refractivity contribution in [2.45, 2.75) is 13.5 Å². The van der Waals surface area contributed by atoms with E-state index in [1.54, 1.807) is 17.5 Å². The fourth-order valence-corrected chi connectivity index (χ4v) is 2.72. The fraction of sp³-hybridized carbons (Fsp3) is 0.182. The van der Waals surface area contributed by atoms with Gasteiger partial charge in [0.2, 0.25) is 0 Å². The van der Waals surface area contributed by atoms with E-state index in [1.165, 1.54) is 10.4 Å². The van der Waals surface area contributed by atoms with Gasteiger partial charge in [-0.05, 0) is 45.9 Å². The minimum absolute atomic E-state index is 0.816. The summed E-state index contributed by atoms with van der Waals surface area (Å²) in [6.07, 6.45) is 1.80. The van der Waals surface area contributed by atoms with E-state index in [4.69, 9.17) is 0 Å². The molecule has 0 atom stereocenters. The number of hydrogen-bond donors (Lipinski definition) is 1. The first-order valence-electron chi connectivity index (χ1n) is 4.65. The van der Waals surface area contributed by atoms with E-state index in [9.17, 15) is 0 Å². The van der Waals surface area contributed by atoms with Gasteiger partial charge in [-0.3, -0.25) is 0 Å². The lowest BCUT2D eigenvalue weighted by Crippen LogP contribution is -2.01. The van der Waals surface area contributed by atoms with Gasteiger partial charge in [0, 0.05) is 15.5 Å². The van der Waals surface area contributed by atoms with Gasteiger partial charge in [-0.15, -0.1) is 11.3 Å². The van der Waals surface area contributed by atoms with Crippen molar-refractivity contribution in [2.24, 2.45) is 0 Å². The lowest BCUT2D eigenvalue weighted by molar-refractivity contribution is 1.12. The molecule has 2 aromatic heterocycles. The zero-order valence-corrected chi connectivity index (χ0v) is 10.7. The van der Waals surface area contributed by atoms with Crippen LogP contribution in [0.3, 0.4) is 0 Å². The summed E-state index contributed by atoms with van der Waals surface area (Å²) in [5, 5.41) is 5.40. The molecule has 0 saturated carbocycles. The van der Waals surface area contributed by atoms with Crippen molar-refractivity contribution in [2.75, 3.05) is 5.32 Å². The topological polar surface area (TPSA) is 24.9 Å². The number of thiophene rings is 1. The molecule has 2 heterocycles. The van der Waals surface area contributed by atoms with Crippen molar-refractivity contribution < 1.29 is 0 Å². The van der Waals surface area contributed by atoms with Crippen LogP contribution in [0, 0.1) is 6.92 Å². The van der Waals surface area contributed by atoms with Crippen molar-refractivity contribution in [3.05, 3.63) is 44.7 Å². The van der Waals surface area contributed by atoms with Crippen LogP contribution in [0.1, 0.15) is 10.4 Å². The standard InChI is InChI=1S/C11H11BrN2S/c1-8-3-2-5-13-11(8)14-7-10-9(12)4-6-15-10/h2-6H,7H2,1H3,(H,13,14). The molecule has 0 fully saturated rings. The van der Waals surface area contributed by atoms with Crippen molar-refractivity contribution in [1.29, 1.82) is 0 Å². The number of nitrogens with zero attached hydrogens (tertiary/aromatic N) is 1. The molecule has 2 rings (SSSR count). The predicted molar refractivity (Wildman–Crippen MR) is 68.3 cm³/mol. The molecule has 0 amide bonds. The Bertz CT molecular complexity index is 453. The van der Waals surface area contributed by atoms with Gasteiger partial charge in [-0.25, -0.2) is 4.98 Å². The second-order valence-electron chi connectivity index (χ2n) is 3.21. The average molecular weight is 283 g/mol. The van der Waals surface area contributed by atoms with Crippen molar-refractivity contribution in [3.63, 3.8) is 0 Å². The van der Waals surface area contributed by atoms with Crippen LogP contribution in [0.25, 0.3) is 0 Å². The lowest BCUT2D eigenvalue weighted by Gasteiger charge is -2.06. The van der Waals surface area contributed by atoms with Gasteiger partial charge in [-0.2, -0.15) is 0 Å². The molecule has 0 aliphatic heterocycles. The van der Waals surface area contributed by atoms with E-state index < -0.39 is 0 Å². The number of rotatable bonds is 3. The number of nitrogens with one attached hydrogen (secondary N) is 1. The average Bonchev–Trinajstić information content (AvgIpc) is 2.63. The molecule has 2 nitrogen and oxygen atoms in total. The maximum atomic E-state index is 4.29. The summed E-state index contributed by atoms with van der Waals surface area (Å²) >= 11 is 5.25. The summed E-state index contributed by atoms with van der Waals surface area (Å²) in [5.74, 6) is 0.956. The zero-order chi connectivity index (χ0) is 10.7. The normalized spacial score (nSPS) is 10.3. The Hall–Kier alpha value is -0.870. The maximum Gasteiger partial charge on any atom is 0.129 e. The Morgan fingerprint density at radius 1 is 1.47 bits per heavy atom. The molecule has 0 spiro atoms. The Morgan fingerprint density at radius 3 is 3.00 bits per heavy atom. The number of pyridine rings is 1. The molecule has 2 aromatic rings. The second kappa shape index (κ2) is 4.77. The first-order chi connectivity index (χ1) is 7.27. The van der Waals surface area contributed by atoms with Crippen molar-refractivity contribution in [1.82, 2.24) is 4.98 Å². The fourth-order valence-electron chi connectivity index (χ4n) is 1.29. The summed E-state index contributed by atoms with van der Waals surface area (Å²) in [4.78, 5) is 5.58. The smallest absolute Gasteiger partial charge is 0.129 e. The predicted octanol–water partition coefficient (Wildman–Crippen LogP) is 3.83. The quantitative estimate of drug-likeness (QED) is 0.926. The first kappa shape index (κ1) is 10.6. The van der Waals surface area contributed by atoms with Gasteiger partial charge in [0.15, 0.2) is 0 Å². The van der Waals surface area contributed by atoms with E-state index in [-0.39, 0.29) is 0 Å². The number of anilines is 1. The van der Waals surface area contributed by atoms with Crippen LogP contribution in [0.2, 0.25) is 0 Å². The number of aromatic nitrogens is 1. The van der Waals surface area contributed by atoms with E-state index >= 15 is 0 Å². The molecule has 78 valence electrons. The Labute approximate surface area is 101 Å². The molecule has 0 radical (unpaired) electrons. The Kier molecular flexibility index (Phi) is 3.38. The van der Waals surface area contributed by atoms with Gasteiger partial charge in [0.1, 0.15) is 5.82 Å². The summed E-state index contributed by atoms with van der Waals surface area (Å²) < 4.78 is 1.16. The third-order valence-electron chi connectivity index (χ3n) is 2.12. The van der Waals surface area contributed by atoms with Crippen LogP contribution >= 0.6 is 27.3 Å². The van der Waals surface area contributed by atoms with E-state index in [1.807, 2.05) is 6.07 Å². The summed E-state index contributed by atoms with van der Waals surface area (Å²) in [7, 11) is 0. The molecular formula is C11H11BrN2S. The summed E-state index contributed by atoms with van der Waals surface area (Å²) in [6.45, 7) is 2.87. The highest BCUT2D eigenvalue weighted by Crippen LogP contribution is 2.23. The summed E-state index contributed by atoms with van der Waals surface area (Å²) in [6, 6.07) is 6.06. The molecule has 0 aromatic carbocycles. The molecule has 1 N–H and O–H groups in total. The molecule has 0 aliphatic carbocycles. The maximum absolute atomic E-state index is 4.29. The van der Waals surface area contributed by atoms with Crippen LogP contribution in [-0.4, -0.2) is 4.98 Å². The molecule has 4 heteroatoms. The van der Waals surface area contributed by atoms with Crippen LogP contribution in [0.4, 0.5) is 5.82 Å². The third-order valence-corrected chi connectivity index (χ3v) is 4.04.